The fourth-order valence-corrected chi connectivity index (χ4v) is 4.09. The average molecular weight is 414 g/mol. The number of nitrogens with zero attached hydrogens (tertiary/aromatic N) is 2. The highest BCUT2D eigenvalue weighted by atomic mass is 32.1. The van der Waals surface area contributed by atoms with E-state index in [0.717, 1.165) is 16.9 Å². The molecule has 0 aliphatic heterocycles. The van der Waals surface area contributed by atoms with Crippen molar-refractivity contribution in [2.24, 2.45) is 0 Å². The van der Waals surface area contributed by atoms with Crippen molar-refractivity contribution in [3.8, 4) is 0 Å². The van der Waals surface area contributed by atoms with Gasteiger partial charge < -0.3 is 9.47 Å². The lowest BCUT2D eigenvalue weighted by atomic mass is 10.2. The molecule has 0 amide bonds. The van der Waals surface area contributed by atoms with Crippen molar-refractivity contribution in [1.29, 1.82) is 0 Å². The Morgan fingerprint density at radius 3 is 2.55 bits per heavy atom. The Morgan fingerprint density at radius 2 is 1.90 bits per heavy atom. The molecule has 29 heavy (non-hydrogen) atoms. The van der Waals surface area contributed by atoms with E-state index < -0.39 is 18.0 Å². The third kappa shape index (κ3) is 4.22. The number of aryl methyl sites for hydroxylation is 1. The number of aromatic nitrogens is 2. The molecule has 1 aromatic carbocycles. The van der Waals surface area contributed by atoms with Gasteiger partial charge in [-0.15, -0.1) is 11.3 Å². The molecule has 0 aliphatic carbocycles. The number of ether oxygens (including phenoxy) is 2. The molecule has 3 rings (SSSR count). The van der Waals surface area contributed by atoms with Gasteiger partial charge in [0.25, 0.3) is 5.56 Å². The molecule has 2 heterocycles. The van der Waals surface area contributed by atoms with Crippen LogP contribution in [-0.4, -0.2) is 28.1 Å². The summed E-state index contributed by atoms with van der Waals surface area (Å²) in [5, 5.41) is 0.329. The summed E-state index contributed by atoms with van der Waals surface area (Å²) in [6, 6.07) is 8.54. The predicted molar refractivity (Wildman–Crippen MR) is 110 cm³/mol. The molecule has 152 valence electrons. The van der Waals surface area contributed by atoms with Gasteiger partial charge in [0.1, 0.15) is 22.4 Å². The molecule has 0 saturated heterocycles. The van der Waals surface area contributed by atoms with E-state index in [0.29, 0.717) is 27.1 Å². The molecular formula is C21H22N2O5S. The van der Waals surface area contributed by atoms with E-state index in [1.807, 2.05) is 30.3 Å². The number of rotatable bonds is 7. The smallest absolute Gasteiger partial charge is 0.348 e. The van der Waals surface area contributed by atoms with Crippen LogP contribution in [0.3, 0.4) is 0 Å². The van der Waals surface area contributed by atoms with Crippen LogP contribution in [0.5, 0.6) is 0 Å². The van der Waals surface area contributed by atoms with Gasteiger partial charge in [0.2, 0.25) is 0 Å². The summed E-state index contributed by atoms with van der Waals surface area (Å²) in [7, 11) is 0. The molecule has 0 saturated carbocycles. The van der Waals surface area contributed by atoms with Gasteiger partial charge in [-0.25, -0.2) is 14.6 Å². The molecule has 0 aliphatic rings. The maximum absolute atomic E-state index is 13.1. The van der Waals surface area contributed by atoms with Crippen LogP contribution in [0.1, 0.15) is 47.1 Å². The minimum absolute atomic E-state index is 0.130. The second-order valence-electron chi connectivity index (χ2n) is 6.43. The first kappa shape index (κ1) is 20.7. The van der Waals surface area contributed by atoms with Gasteiger partial charge in [-0.2, -0.15) is 0 Å². The lowest BCUT2D eigenvalue weighted by Gasteiger charge is -2.17. The molecule has 8 heteroatoms. The number of thiophene rings is 1. The minimum Gasteiger partial charge on any atom is -0.462 e. The fourth-order valence-electron chi connectivity index (χ4n) is 3.05. The standard InChI is InChI=1S/C21H22N2O5S/c1-4-15(20(25)28-11-14-9-7-6-8-10-14)23-12-22-18-16(19(23)24)13(3)17(29-18)21(26)27-5-2/h6-10,12,15H,4-5,11H2,1-3H3/t15-/m1/s1. The van der Waals surface area contributed by atoms with Crippen LogP contribution >= 0.6 is 11.3 Å². The maximum Gasteiger partial charge on any atom is 0.348 e. The Kier molecular flexibility index (Phi) is 6.43. The molecular weight excluding hydrogens is 392 g/mol. The Bertz CT molecular complexity index is 1090. The van der Waals surface area contributed by atoms with E-state index in [9.17, 15) is 14.4 Å². The lowest BCUT2D eigenvalue weighted by molar-refractivity contribution is -0.149. The zero-order chi connectivity index (χ0) is 21.0. The molecule has 1 atom stereocenters. The first-order valence-corrected chi connectivity index (χ1v) is 10.2. The highest BCUT2D eigenvalue weighted by molar-refractivity contribution is 7.20. The van der Waals surface area contributed by atoms with Crippen molar-refractivity contribution in [2.75, 3.05) is 6.61 Å². The second-order valence-corrected chi connectivity index (χ2v) is 7.43. The third-order valence-electron chi connectivity index (χ3n) is 4.56. The molecule has 0 radical (unpaired) electrons. The summed E-state index contributed by atoms with van der Waals surface area (Å²) in [4.78, 5) is 43.0. The van der Waals surface area contributed by atoms with E-state index in [4.69, 9.17) is 9.47 Å². The van der Waals surface area contributed by atoms with Crippen molar-refractivity contribution in [3.05, 3.63) is 63.0 Å². The molecule has 0 spiro atoms. The average Bonchev–Trinajstić information content (AvgIpc) is 3.07. The lowest BCUT2D eigenvalue weighted by Crippen LogP contribution is -2.31. The Balaban J connectivity index is 1.91. The van der Waals surface area contributed by atoms with Crippen molar-refractivity contribution in [1.82, 2.24) is 9.55 Å². The van der Waals surface area contributed by atoms with E-state index in [1.54, 1.807) is 20.8 Å². The first-order chi connectivity index (χ1) is 14.0. The number of hydrogen-bond acceptors (Lipinski definition) is 7. The zero-order valence-electron chi connectivity index (χ0n) is 16.5. The number of hydrogen-bond donors (Lipinski definition) is 0. The number of benzene rings is 1. The number of esters is 2. The summed E-state index contributed by atoms with van der Waals surface area (Å²) < 4.78 is 11.7. The number of carbonyl (C=O) groups excluding carboxylic acids is 2. The van der Waals surface area contributed by atoms with Crippen LogP contribution in [-0.2, 0) is 20.9 Å². The van der Waals surface area contributed by atoms with Crippen molar-refractivity contribution in [2.45, 2.75) is 39.8 Å². The second kappa shape index (κ2) is 9.00. The van der Waals surface area contributed by atoms with E-state index >= 15 is 0 Å². The van der Waals surface area contributed by atoms with Crippen LogP contribution in [0, 0.1) is 6.92 Å². The minimum atomic E-state index is -0.798. The summed E-state index contributed by atoms with van der Waals surface area (Å²) in [6.45, 7) is 5.59. The molecule has 0 N–H and O–H groups in total. The molecule has 0 fully saturated rings. The van der Waals surface area contributed by atoms with Gasteiger partial charge in [-0.05, 0) is 31.4 Å². The zero-order valence-corrected chi connectivity index (χ0v) is 17.3. The molecule has 2 aromatic heterocycles. The van der Waals surface area contributed by atoms with Gasteiger partial charge >= 0.3 is 11.9 Å². The largest absolute Gasteiger partial charge is 0.462 e. The Hall–Kier alpha value is -3.00. The quantitative estimate of drug-likeness (QED) is 0.549. The van der Waals surface area contributed by atoms with Crippen molar-refractivity contribution < 1.29 is 19.1 Å². The molecule has 0 unspecified atom stereocenters. The topological polar surface area (TPSA) is 87.5 Å². The van der Waals surface area contributed by atoms with Crippen LogP contribution in [0.25, 0.3) is 10.2 Å². The SMILES string of the molecule is CCOC(=O)c1sc2ncn([C@H](CC)C(=O)OCc3ccccc3)c(=O)c2c1C. The van der Waals surface area contributed by atoms with Gasteiger partial charge in [-0.1, -0.05) is 37.3 Å². The molecule has 7 nitrogen and oxygen atoms in total. The predicted octanol–water partition coefficient (Wildman–Crippen LogP) is 3.64. The number of fused-ring (bicyclic) bond motifs is 1. The van der Waals surface area contributed by atoms with Crippen LogP contribution < -0.4 is 5.56 Å². The van der Waals surface area contributed by atoms with Gasteiger partial charge in [0, 0.05) is 0 Å². The van der Waals surface area contributed by atoms with E-state index in [2.05, 4.69) is 4.98 Å². The Labute approximate surface area is 171 Å². The van der Waals surface area contributed by atoms with Gasteiger partial charge in [0.15, 0.2) is 0 Å². The normalized spacial score (nSPS) is 12.0. The van der Waals surface area contributed by atoms with E-state index in [-0.39, 0.29) is 18.8 Å². The van der Waals surface area contributed by atoms with Gasteiger partial charge in [-0.3, -0.25) is 9.36 Å². The third-order valence-corrected chi connectivity index (χ3v) is 5.74. The monoisotopic (exact) mass is 414 g/mol. The molecule has 0 bridgehead atoms. The Morgan fingerprint density at radius 1 is 1.17 bits per heavy atom. The highest BCUT2D eigenvalue weighted by Gasteiger charge is 2.25. The van der Waals surface area contributed by atoms with Crippen LogP contribution in [0.4, 0.5) is 0 Å². The maximum atomic E-state index is 13.1. The number of carbonyl (C=O) groups is 2. The first-order valence-electron chi connectivity index (χ1n) is 9.35. The fraction of sp³-hybridized carbons (Fsp3) is 0.333. The van der Waals surface area contributed by atoms with Gasteiger partial charge in [0.05, 0.1) is 18.3 Å². The summed E-state index contributed by atoms with van der Waals surface area (Å²) in [6.07, 6.45) is 1.71. The summed E-state index contributed by atoms with van der Waals surface area (Å²) in [5.74, 6) is -0.980. The summed E-state index contributed by atoms with van der Waals surface area (Å²) >= 11 is 1.11. The van der Waals surface area contributed by atoms with Crippen LogP contribution in [0.15, 0.2) is 41.5 Å². The molecule has 3 aromatic rings. The van der Waals surface area contributed by atoms with Crippen molar-refractivity contribution in [3.63, 3.8) is 0 Å². The summed E-state index contributed by atoms with van der Waals surface area (Å²) in [5.41, 5.74) is 1.01. The van der Waals surface area contributed by atoms with Crippen LogP contribution in [0.2, 0.25) is 0 Å². The van der Waals surface area contributed by atoms with E-state index in [1.165, 1.54) is 10.9 Å². The van der Waals surface area contributed by atoms with Crippen molar-refractivity contribution >= 4 is 33.5 Å². The highest BCUT2D eigenvalue weighted by Crippen LogP contribution is 2.28.